The van der Waals surface area contributed by atoms with Crippen LogP contribution in [-0.4, -0.2) is 111 Å². The minimum Gasteiger partial charge on any atom is -0.790 e. The molecule has 8 N–H and O–H groups in total. The molecule has 1 aromatic rings. The molecule has 0 radical (unpaired) electrons. The molecule has 5 amide bonds. The molecule has 4 heterocycles. The van der Waals surface area contributed by atoms with E-state index < -0.39 is 65.9 Å². The number of hydrogen-bond donors (Lipinski definition) is 8. The average Bonchev–Trinajstić information content (AvgIpc) is 3.81. The number of carbonyl (C=O) groups is 4. The topological polar surface area (TPSA) is 404 Å². The molecule has 9 atom stereocenters. The van der Waals surface area contributed by atoms with Gasteiger partial charge in [0.05, 0.1) is 32.1 Å². The molecule has 3 aliphatic rings. The number of phosphoric acid groups is 3. The second kappa shape index (κ2) is 30.8. The predicted molar refractivity (Wildman–Crippen MR) is 208 cm³/mol. The number of hydrogen-bond acceptors (Lipinski definition) is 20. The number of aliphatic hydroxyl groups excluding tert-OH is 2. The van der Waals surface area contributed by atoms with E-state index in [9.17, 15) is 72.2 Å². The molecule has 0 saturated carbocycles. The van der Waals surface area contributed by atoms with Gasteiger partial charge in [0, 0.05) is 56.1 Å². The number of aliphatic hydroxyl groups is 2. The van der Waals surface area contributed by atoms with E-state index in [1.54, 1.807) is 0 Å². The number of ether oxygens (including phenoxy) is 1. The number of unbranched alkanes of at least 4 members (excludes halogenated alkanes) is 3. The van der Waals surface area contributed by atoms with Crippen LogP contribution in [0.3, 0.4) is 0 Å². The van der Waals surface area contributed by atoms with Gasteiger partial charge in [-0.15, -0.1) is 0 Å². The van der Waals surface area contributed by atoms with E-state index in [1.165, 1.54) is 12.2 Å². The summed E-state index contributed by atoms with van der Waals surface area (Å²) in [5.41, 5.74) is -2.22. The number of rotatable bonds is 26. The first-order valence-corrected chi connectivity index (χ1v) is 24.8. The van der Waals surface area contributed by atoms with E-state index in [0.29, 0.717) is 42.0 Å². The third-order valence-corrected chi connectivity index (χ3v) is 14.7. The Bertz CT molecular complexity index is 2060. The summed E-state index contributed by atoms with van der Waals surface area (Å²) in [5, 5.41) is 35.3. The maximum atomic E-state index is 12.5. The summed E-state index contributed by atoms with van der Waals surface area (Å²) >= 11 is 1.85. The zero-order valence-corrected chi connectivity index (χ0v) is 40.4. The van der Waals surface area contributed by atoms with Crippen LogP contribution in [0.2, 0.25) is 0 Å². The fraction of sp³-hybridized carbons (Fsp3) is 0.688. The fourth-order valence-electron chi connectivity index (χ4n) is 6.54. The van der Waals surface area contributed by atoms with Crippen molar-refractivity contribution in [2.24, 2.45) is 0 Å². The zero-order valence-electron chi connectivity index (χ0n) is 36.9. The second-order valence-electron chi connectivity index (χ2n) is 14.3. The molecule has 3 saturated heterocycles. The number of carbonyl (C=O) groups excluding carboxylic acids is 4. The standard InChI is InChI=1S/C32H52N7O19P3S.4Li/c40-23(10-2-1-5-13-33-24(41)11-4-3-9-22-26-20(18-62-22)36-31(46)37-26)35-15-7-12-25(42)34-14-6-8-19-16-39(32(47)38-29(19)45)30-28(44)27(43)21(56-30)17-55-60(51,52)58-61(53,54)57-59(48,49)50;;;;/h6,8,16,20-22,26-28,30,43-44H,1-5,7,9-15,17-18H2,(H,33,41)(H,34,42)(H,35,40)(H,51,52)(H,53,54)(H2,36,37,46)(H,38,45,47)(H2,48,49,50);;;;/q;4*+1/p-4. The number of phosphoric ester groups is 1. The van der Waals surface area contributed by atoms with Crippen LogP contribution in [0, 0.1) is 0 Å². The summed E-state index contributed by atoms with van der Waals surface area (Å²) in [7, 11) is -18.5. The Balaban J connectivity index is 0.0000106. The Kier molecular flexibility index (Phi) is 30.4. The number of urea groups is 1. The smallest absolute Gasteiger partial charge is 0.790 e. The van der Waals surface area contributed by atoms with Gasteiger partial charge in [0.1, 0.15) is 18.3 Å². The first-order chi connectivity index (χ1) is 29.1. The summed E-state index contributed by atoms with van der Waals surface area (Å²) < 4.78 is 50.3. The van der Waals surface area contributed by atoms with E-state index >= 15 is 0 Å². The number of thioether (sulfide) groups is 1. The van der Waals surface area contributed by atoms with Crippen molar-refractivity contribution < 1.29 is 156 Å². The summed E-state index contributed by atoms with van der Waals surface area (Å²) in [5.74, 6) is 0.358. The van der Waals surface area contributed by atoms with E-state index in [1.807, 2.05) is 16.7 Å². The maximum absolute atomic E-state index is 12.5. The Morgan fingerprint density at radius 3 is 2.08 bits per heavy atom. The monoisotopic (exact) mass is 987 g/mol. The first kappa shape index (κ1) is 65.1. The molecule has 0 spiro atoms. The summed E-state index contributed by atoms with van der Waals surface area (Å²) in [4.78, 5) is 119. The molecular weight excluding hydrogens is 939 g/mol. The minimum absolute atomic E-state index is 0. The molecule has 9 unspecified atom stereocenters. The van der Waals surface area contributed by atoms with Gasteiger partial charge >= 0.3 is 87.2 Å². The van der Waals surface area contributed by atoms with Crippen molar-refractivity contribution in [3.05, 3.63) is 38.7 Å². The van der Waals surface area contributed by atoms with Crippen LogP contribution in [0.4, 0.5) is 4.79 Å². The van der Waals surface area contributed by atoms with Crippen molar-refractivity contribution in [2.45, 2.75) is 106 Å². The molecule has 350 valence electrons. The number of fused-ring (bicyclic) bond motifs is 1. The quantitative estimate of drug-likeness (QED) is 0.0185. The maximum Gasteiger partial charge on any atom is 1.00 e. The van der Waals surface area contributed by atoms with Crippen LogP contribution in [0.15, 0.2) is 21.9 Å². The molecular formula is C32H48Li4N7O19P3S. The van der Waals surface area contributed by atoms with Gasteiger partial charge in [0.15, 0.2) is 6.23 Å². The van der Waals surface area contributed by atoms with Gasteiger partial charge in [-0.1, -0.05) is 25.0 Å². The molecule has 0 aromatic carbocycles. The summed E-state index contributed by atoms with van der Waals surface area (Å²) in [6.07, 6.45) is 1.90. The summed E-state index contributed by atoms with van der Waals surface area (Å²) in [6.45, 7) is -0.538. The van der Waals surface area contributed by atoms with Crippen molar-refractivity contribution in [3.63, 3.8) is 0 Å². The van der Waals surface area contributed by atoms with Crippen LogP contribution >= 0.6 is 35.2 Å². The van der Waals surface area contributed by atoms with Gasteiger partial charge in [-0.25, -0.2) is 13.9 Å². The normalized spacial score (nSPS) is 23.8. The van der Waals surface area contributed by atoms with Crippen molar-refractivity contribution in [3.8, 4) is 0 Å². The van der Waals surface area contributed by atoms with Gasteiger partial charge in [-0.3, -0.25) is 42.2 Å². The number of H-pyrrole nitrogens is 1. The Hall–Kier alpha value is -0.870. The third kappa shape index (κ3) is 22.5. The molecule has 0 aliphatic carbocycles. The van der Waals surface area contributed by atoms with Gasteiger partial charge < -0.3 is 70.2 Å². The summed E-state index contributed by atoms with van der Waals surface area (Å²) in [6, 6.07) is 0.236. The minimum atomic E-state index is -6.27. The molecule has 4 rings (SSSR count). The van der Waals surface area contributed by atoms with Crippen molar-refractivity contribution in [1.29, 1.82) is 0 Å². The molecule has 26 nitrogen and oxygen atoms in total. The largest absolute Gasteiger partial charge is 1.00 e. The molecule has 1 aromatic heterocycles. The van der Waals surface area contributed by atoms with Crippen LogP contribution < -0.4 is 133 Å². The zero-order chi connectivity index (χ0) is 45.7. The number of nitrogens with one attached hydrogen (secondary N) is 6. The second-order valence-corrected chi connectivity index (χ2v) is 19.8. The van der Waals surface area contributed by atoms with Gasteiger partial charge in [-0.05, 0) is 32.1 Å². The molecule has 0 bridgehead atoms. The van der Waals surface area contributed by atoms with Crippen LogP contribution in [-0.2, 0) is 46.0 Å². The molecule has 34 heteroatoms. The van der Waals surface area contributed by atoms with Crippen LogP contribution in [0.25, 0.3) is 6.08 Å². The Morgan fingerprint density at radius 1 is 0.818 bits per heavy atom. The third-order valence-electron chi connectivity index (χ3n) is 9.50. The molecule has 66 heavy (non-hydrogen) atoms. The van der Waals surface area contributed by atoms with Crippen molar-refractivity contribution >= 4 is 65.1 Å². The van der Waals surface area contributed by atoms with Gasteiger partial charge in [-0.2, -0.15) is 11.8 Å². The van der Waals surface area contributed by atoms with Crippen molar-refractivity contribution in [1.82, 2.24) is 36.1 Å². The SMILES string of the molecule is O=C(CCCNC(=O)CCCCCNC(=O)CCCCC1SCC2NC(=O)NC21)NCC=Cc1cn(C2OC(COP(=O)([O-])OP(=O)([O-])OP(=O)([O-])[O-])C(O)C2O)c(=O)[nH]c1=O.[Li+].[Li+].[Li+].[Li+]. The number of aromatic amines is 1. The van der Waals surface area contributed by atoms with E-state index in [-0.39, 0.29) is 136 Å². The van der Waals surface area contributed by atoms with Gasteiger partial charge in [0.2, 0.25) is 17.7 Å². The number of aromatic nitrogens is 2. The average molecular weight is 988 g/mol. The first-order valence-electron chi connectivity index (χ1n) is 19.4. The van der Waals surface area contributed by atoms with Gasteiger partial charge in [0.25, 0.3) is 21.2 Å². The number of nitrogens with zero attached hydrogens (tertiary/aromatic N) is 1. The fourth-order valence-corrected chi connectivity index (χ4v) is 11.0. The Labute approximate surface area is 430 Å². The molecule has 3 aliphatic heterocycles. The molecule has 3 fully saturated rings. The van der Waals surface area contributed by atoms with Crippen LogP contribution in [0.5, 0.6) is 0 Å². The predicted octanol–water partition coefficient (Wildman–Crippen LogP) is -15.6. The Morgan fingerprint density at radius 2 is 1.42 bits per heavy atom. The van der Waals surface area contributed by atoms with Crippen LogP contribution in [0.1, 0.15) is 76.0 Å². The van der Waals surface area contributed by atoms with E-state index in [2.05, 4.69) is 39.7 Å². The van der Waals surface area contributed by atoms with E-state index in [4.69, 9.17) is 4.74 Å². The number of amides is 5. The van der Waals surface area contributed by atoms with Crippen molar-refractivity contribution in [2.75, 3.05) is 32.0 Å². The van der Waals surface area contributed by atoms with E-state index in [0.717, 1.165) is 44.1 Å².